The maximum atomic E-state index is 13.4. The number of carbonyl (C=O) groups is 1. The largest absolute Gasteiger partial charge is 0.337 e. The van der Waals surface area contributed by atoms with Gasteiger partial charge in [0, 0.05) is 32.1 Å². The summed E-state index contributed by atoms with van der Waals surface area (Å²) < 4.78 is 26.5. The Labute approximate surface area is 111 Å². The Morgan fingerprint density at radius 1 is 1.47 bits per heavy atom. The molecule has 1 aromatic carbocycles. The molecule has 1 saturated heterocycles. The van der Waals surface area contributed by atoms with Gasteiger partial charge in [0.2, 0.25) is 5.91 Å². The summed E-state index contributed by atoms with van der Waals surface area (Å²) in [5.41, 5.74) is 0.260. The van der Waals surface area contributed by atoms with Crippen LogP contribution in [0, 0.1) is 11.6 Å². The van der Waals surface area contributed by atoms with Gasteiger partial charge in [-0.05, 0) is 37.1 Å². The van der Waals surface area contributed by atoms with Crippen LogP contribution in [-0.2, 0) is 11.2 Å². The second-order valence-corrected chi connectivity index (χ2v) is 4.88. The number of rotatable bonds is 3. The predicted molar refractivity (Wildman–Crippen MR) is 68.7 cm³/mol. The van der Waals surface area contributed by atoms with Gasteiger partial charge in [-0.2, -0.15) is 0 Å². The Morgan fingerprint density at radius 3 is 3.00 bits per heavy atom. The highest BCUT2D eigenvalue weighted by Crippen LogP contribution is 2.13. The van der Waals surface area contributed by atoms with Crippen LogP contribution in [0.4, 0.5) is 8.78 Å². The summed E-state index contributed by atoms with van der Waals surface area (Å²) in [6, 6.07) is 3.49. The molecule has 1 aromatic rings. The van der Waals surface area contributed by atoms with Gasteiger partial charge < -0.3 is 10.2 Å². The molecule has 0 radical (unpaired) electrons. The first-order chi connectivity index (χ1) is 9.08. The maximum Gasteiger partial charge on any atom is 0.223 e. The van der Waals surface area contributed by atoms with Crippen molar-refractivity contribution in [3.8, 4) is 0 Å². The highest BCUT2D eigenvalue weighted by molar-refractivity contribution is 5.77. The van der Waals surface area contributed by atoms with E-state index in [-0.39, 0.29) is 30.4 Å². The fourth-order valence-electron chi connectivity index (χ4n) is 2.33. The van der Waals surface area contributed by atoms with Gasteiger partial charge in [0.05, 0.1) is 0 Å². The molecule has 1 aliphatic heterocycles. The first-order valence-corrected chi connectivity index (χ1v) is 6.52. The second-order valence-electron chi connectivity index (χ2n) is 4.88. The third kappa shape index (κ3) is 3.50. The summed E-state index contributed by atoms with van der Waals surface area (Å²) in [5, 5.41) is 3.21. The third-order valence-electron chi connectivity index (χ3n) is 3.44. The van der Waals surface area contributed by atoms with Gasteiger partial charge in [-0.1, -0.05) is 0 Å². The highest BCUT2D eigenvalue weighted by atomic mass is 19.1. The van der Waals surface area contributed by atoms with Crippen LogP contribution in [0.5, 0.6) is 0 Å². The molecule has 1 fully saturated rings. The monoisotopic (exact) mass is 268 g/mol. The molecule has 1 unspecified atom stereocenters. The Morgan fingerprint density at radius 2 is 2.26 bits per heavy atom. The molecular formula is C14H18F2N2O. The highest BCUT2D eigenvalue weighted by Gasteiger charge is 2.22. The Hall–Kier alpha value is -1.49. The number of nitrogens with one attached hydrogen (secondary N) is 1. The minimum absolute atomic E-state index is 0.00217. The molecule has 1 atom stereocenters. The molecule has 104 valence electrons. The van der Waals surface area contributed by atoms with E-state index in [0.29, 0.717) is 6.54 Å². The molecule has 1 N–H and O–H groups in total. The average molecular weight is 268 g/mol. The molecular weight excluding hydrogens is 250 g/mol. The number of benzene rings is 1. The second kappa shape index (κ2) is 6.10. The summed E-state index contributed by atoms with van der Waals surface area (Å²) in [7, 11) is 0. The van der Waals surface area contributed by atoms with Gasteiger partial charge in [-0.15, -0.1) is 0 Å². The van der Waals surface area contributed by atoms with Gasteiger partial charge >= 0.3 is 0 Å². The van der Waals surface area contributed by atoms with E-state index >= 15 is 0 Å². The SMILES string of the molecule is CC1CNCCN1C(=O)CCc1cc(F)ccc1F. The lowest BCUT2D eigenvalue weighted by Crippen LogP contribution is -2.52. The van der Waals surface area contributed by atoms with Crippen molar-refractivity contribution in [2.24, 2.45) is 0 Å². The van der Waals surface area contributed by atoms with Crippen LogP contribution >= 0.6 is 0 Å². The van der Waals surface area contributed by atoms with Crippen LogP contribution in [0.15, 0.2) is 18.2 Å². The Balaban J connectivity index is 1.94. The molecule has 3 nitrogen and oxygen atoms in total. The molecule has 1 heterocycles. The van der Waals surface area contributed by atoms with Crippen molar-refractivity contribution >= 4 is 5.91 Å². The van der Waals surface area contributed by atoms with Crippen LogP contribution in [0.1, 0.15) is 18.9 Å². The molecule has 5 heteroatoms. The van der Waals surface area contributed by atoms with Crippen molar-refractivity contribution in [1.82, 2.24) is 10.2 Å². The average Bonchev–Trinajstić information content (AvgIpc) is 2.40. The van der Waals surface area contributed by atoms with E-state index in [4.69, 9.17) is 0 Å². The zero-order valence-corrected chi connectivity index (χ0v) is 11.0. The summed E-state index contributed by atoms with van der Waals surface area (Å²) in [6.45, 7) is 4.21. The van der Waals surface area contributed by atoms with Crippen LogP contribution in [-0.4, -0.2) is 36.5 Å². The molecule has 0 aromatic heterocycles. The fourth-order valence-corrected chi connectivity index (χ4v) is 2.33. The minimum atomic E-state index is -0.473. The number of piperazine rings is 1. The van der Waals surface area contributed by atoms with Crippen LogP contribution < -0.4 is 5.32 Å². The van der Waals surface area contributed by atoms with E-state index < -0.39 is 11.6 Å². The Kier molecular flexibility index (Phi) is 4.47. The van der Waals surface area contributed by atoms with Crippen molar-refractivity contribution in [2.75, 3.05) is 19.6 Å². The number of aryl methyl sites for hydroxylation is 1. The van der Waals surface area contributed by atoms with E-state index in [1.807, 2.05) is 6.92 Å². The van der Waals surface area contributed by atoms with Gasteiger partial charge in [0.1, 0.15) is 11.6 Å². The minimum Gasteiger partial charge on any atom is -0.337 e. The number of carbonyl (C=O) groups excluding carboxylic acids is 1. The quantitative estimate of drug-likeness (QED) is 0.905. The normalized spacial score (nSPS) is 19.5. The first-order valence-electron chi connectivity index (χ1n) is 6.52. The lowest BCUT2D eigenvalue weighted by Gasteiger charge is -2.34. The lowest BCUT2D eigenvalue weighted by molar-refractivity contribution is -0.133. The summed E-state index contributed by atoms with van der Waals surface area (Å²) in [6.07, 6.45) is 0.448. The maximum absolute atomic E-state index is 13.4. The molecule has 0 bridgehead atoms. The van der Waals surface area contributed by atoms with E-state index in [2.05, 4.69) is 5.32 Å². The van der Waals surface area contributed by atoms with Crippen LogP contribution in [0.3, 0.4) is 0 Å². The molecule has 0 aliphatic carbocycles. The van der Waals surface area contributed by atoms with E-state index in [1.165, 1.54) is 0 Å². The molecule has 1 aliphatic rings. The standard InChI is InChI=1S/C14H18F2N2O/c1-10-9-17-6-7-18(10)14(19)5-2-11-8-12(15)3-4-13(11)16/h3-4,8,10,17H,2,5-7,9H2,1H3. The van der Waals surface area contributed by atoms with Crippen molar-refractivity contribution in [2.45, 2.75) is 25.8 Å². The van der Waals surface area contributed by atoms with Gasteiger partial charge in [-0.3, -0.25) is 4.79 Å². The van der Waals surface area contributed by atoms with Gasteiger partial charge in [0.15, 0.2) is 0 Å². The zero-order valence-electron chi connectivity index (χ0n) is 11.0. The van der Waals surface area contributed by atoms with Crippen LogP contribution in [0.2, 0.25) is 0 Å². The van der Waals surface area contributed by atoms with Crippen LogP contribution in [0.25, 0.3) is 0 Å². The number of hydrogen-bond donors (Lipinski definition) is 1. The third-order valence-corrected chi connectivity index (χ3v) is 3.44. The molecule has 2 rings (SSSR count). The molecule has 19 heavy (non-hydrogen) atoms. The van der Waals surface area contributed by atoms with Gasteiger partial charge in [0.25, 0.3) is 0 Å². The number of amides is 1. The molecule has 1 amide bonds. The molecule has 0 saturated carbocycles. The van der Waals surface area contributed by atoms with Crippen molar-refractivity contribution < 1.29 is 13.6 Å². The fraction of sp³-hybridized carbons (Fsp3) is 0.500. The first kappa shape index (κ1) is 13.9. The van der Waals surface area contributed by atoms with E-state index in [0.717, 1.165) is 31.3 Å². The summed E-state index contributed by atoms with van der Waals surface area (Å²) in [5.74, 6) is -0.931. The smallest absolute Gasteiger partial charge is 0.223 e. The number of hydrogen-bond acceptors (Lipinski definition) is 2. The van der Waals surface area contributed by atoms with E-state index in [9.17, 15) is 13.6 Å². The van der Waals surface area contributed by atoms with Crippen molar-refractivity contribution in [1.29, 1.82) is 0 Å². The number of halogens is 2. The van der Waals surface area contributed by atoms with Crippen molar-refractivity contribution in [3.63, 3.8) is 0 Å². The summed E-state index contributed by atoms with van der Waals surface area (Å²) in [4.78, 5) is 13.9. The zero-order chi connectivity index (χ0) is 13.8. The lowest BCUT2D eigenvalue weighted by atomic mass is 10.1. The van der Waals surface area contributed by atoms with Crippen molar-refractivity contribution in [3.05, 3.63) is 35.4 Å². The summed E-state index contributed by atoms with van der Waals surface area (Å²) >= 11 is 0. The van der Waals surface area contributed by atoms with Gasteiger partial charge in [-0.25, -0.2) is 8.78 Å². The topological polar surface area (TPSA) is 32.3 Å². The molecule has 0 spiro atoms. The predicted octanol–water partition coefficient (Wildman–Crippen LogP) is 1.72. The Bertz CT molecular complexity index is 465. The van der Waals surface area contributed by atoms with E-state index in [1.54, 1.807) is 4.90 Å². The number of nitrogens with zero attached hydrogens (tertiary/aromatic N) is 1.